The van der Waals surface area contributed by atoms with Gasteiger partial charge in [-0.25, -0.2) is 24.9 Å². The molecule has 0 unspecified atom stereocenters. The van der Waals surface area contributed by atoms with Crippen LogP contribution < -0.4 is 0 Å². The zero-order valence-electron chi connectivity index (χ0n) is 39.9. The third-order valence-corrected chi connectivity index (χ3v) is 14.1. The summed E-state index contributed by atoms with van der Waals surface area (Å²) in [6.45, 7) is 0. The van der Waals surface area contributed by atoms with E-state index in [1.165, 1.54) is 26.9 Å². The fourth-order valence-corrected chi connectivity index (χ4v) is 10.4. The first-order chi connectivity index (χ1) is 36.6. The molecule has 0 aliphatic rings. The van der Waals surface area contributed by atoms with E-state index in [0.717, 1.165) is 88.5 Å². The van der Waals surface area contributed by atoms with Crippen molar-refractivity contribution in [3.05, 3.63) is 255 Å². The molecular weight excluding hydrogens is 901 g/mol. The van der Waals surface area contributed by atoms with Crippen molar-refractivity contribution in [2.75, 3.05) is 0 Å². The van der Waals surface area contributed by atoms with Crippen LogP contribution in [-0.2, 0) is 0 Å². The van der Waals surface area contributed by atoms with Crippen LogP contribution in [0.4, 0.5) is 0 Å². The van der Waals surface area contributed by atoms with E-state index < -0.39 is 0 Å². The second kappa shape index (κ2) is 18.0. The molecule has 0 saturated carbocycles. The Labute approximate surface area is 427 Å². The standard InChI is InChI=1S/C68H42N6/c1-3-16-48-37-51(33-29-43(48)13-1)61-23-11-25-63(70-61)67-72-66(73-68(74-67)64-26-12-24-62(71-64)52-34-30-44-14-2-4-17-49(44)38-52)55-40-53(45-27-31-47(32-28-45)65-57-20-8-5-15-46(57)35-36-69-65)39-54(41-55)60-42-50-18-6-7-19-56(50)58-21-9-10-22-59(58)60/h1-42H. The molecule has 0 atom stereocenters. The molecule has 0 amide bonds. The molecule has 6 nitrogen and oxygen atoms in total. The van der Waals surface area contributed by atoms with Crippen LogP contribution in [0, 0.1) is 0 Å². The van der Waals surface area contributed by atoms with Gasteiger partial charge in [0.2, 0.25) is 0 Å². The highest BCUT2D eigenvalue weighted by Gasteiger charge is 2.19. The smallest absolute Gasteiger partial charge is 0.182 e. The molecule has 0 bridgehead atoms. The zero-order valence-corrected chi connectivity index (χ0v) is 39.9. The van der Waals surface area contributed by atoms with Crippen LogP contribution in [-0.4, -0.2) is 29.9 Å². The topological polar surface area (TPSA) is 77.3 Å². The maximum absolute atomic E-state index is 5.34. The minimum Gasteiger partial charge on any atom is -0.256 e. The van der Waals surface area contributed by atoms with E-state index in [9.17, 15) is 0 Å². The lowest BCUT2D eigenvalue weighted by Gasteiger charge is -2.15. The van der Waals surface area contributed by atoms with Gasteiger partial charge in [-0.3, -0.25) is 4.98 Å². The number of hydrogen-bond donors (Lipinski definition) is 0. The Kier molecular flexibility index (Phi) is 10.4. The molecule has 344 valence electrons. The fourth-order valence-electron chi connectivity index (χ4n) is 10.4. The Bertz CT molecular complexity index is 4360. The van der Waals surface area contributed by atoms with Crippen molar-refractivity contribution in [3.8, 4) is 90.5 Å². The van der Waals surface area contributed by atoms with E-state index in [2.05, 4.69) is 212 Å². The van der Waals surface area contributed by atoms with Crippen LogP contribution in [0.3, 0.4) is 0 Å². The minimum atomic E-state index is 0.445. The Morgan fingerprint density at radius 2 is 0.689 bits per heavy atom. The lowest BCUT2D eigenvalue weighted by Crippen LogP contribution is -2.03. The van der Waals surface area contributed by atoms with Gasteiger partial charge in [-0.05, 0) is 137 Å². The highest BCUT2D eigenvalue weighted by Crippen LogP contribution is 2.40. The van der Waals surface area contributed by atoms with Gasteiger partial charge < -0.3 is 0 Å². The van der Waals surface area contributed by atoms with Gasteiger partial charge in [-0.1, -0.05) is 182 Å². The van der Waals surface area contributed by atoms with Gasteiger partial charge in [0.1, 0.15) is 11.4 Å². The van der Waals surface area contributed by atoms with E-state index >= 15 is 0 Å². The summed E-state index contributed by atoms with van der Waals surface area (Å²) in [5, 5.41) is 11.6. The zero-order chi connectivity index (χ0) is 49.0. The highest BCUT2D eigenvalue weighted by atomic mass is 15.1. The molecule has 0 aliphatic carbocycles. The first-order valence-corrected chi connectivity index (χ1v) is 24.8. The van der Waals surface area contributed by atoms with Gasteiger partial charge in [0.05, 0.1) is 17.1 Å². The predicted octanol–water partition coefficient (Wildman–Crippen LogP) is 17.2. The van der Waals surface area contributed by atoms with Crippen LogP contribution in [0.1, 0.15) is 0 Å². The van der Waals surface area contributed by atoms with Gasteiger partial charge in [0.15, 0.2) is 17.5 Å². The van der Waals surface area contributed by atoms with Crippen LogP contribution >= 0.6 is 0 Å². The Hall–Kier alpha value is -10.0. The third-order valence-electron chi connectivity index (χ3n) is 14.1. The SMILES string of the molecule is c1cc(-c2ccc3ccccc3c2)nc(-c2nc(-c3cc(-c4ccc(-c5nccc6ccccc56)cc4)cc(-c4cc5ccccc5c5ccccc45)c3)nc(-c3cccc(-c4ccc5ccccc5c4)n3)n2)c1. The maximum Gasteiger partial charge on any atom is 0.182 e. The van der Waals surface area contributed by atoms with E-state index in [0.29, 0.717) is 28.9 Å². The van der Waals surface area contributed by atoms with Crippen molar-refractivity contribution in [2.24, 2.45) is 0 Å². The second-order valence-corrected chi connectivity index (χ2v) is 18.7. The van der Waals surface area contributed by atoms with Gasteiger partial charge in [0.25, 0.3) is 0 Å². The van der Waals surface area contributed by atoms with Crippen molar-refractivity contribution in [2.45, 2.75) is 0 Å². The fraction of sp³-hybridized carbons (Fsp3) is 0. The molecule has 0 spiro atoms. The van der Waals surface area contributed by atoms with Gasteiger partial charge >= 0.3 is 0 Å². The molecule has 4 aromatic heterocycles. The Morgan fingerprint density at radius 3 is 1.34 bits per heavy atom. The third kappa shape index (κ3) is 7.88. The van der Waals surface area contributed by atoms with E-state index in [4.69, 9.17) is 29.9 Å². The Balaban J connectivity index is 0.969. The number of aromatic nitrogens is 6. The lowest BCUT2D eigenvalue weighted by atomic mass is 9.90. The molecule has 4 heterocycles. The van der Waals surface area contributed by atoms with Crippen molar-refractivity contribution >= 4 is 53.9 Å². The molecular formula is C68H42N6. The van der Waals surface area contributed by atoms with Gasteiger partial charge in [-0.15, -0.1) is 0 Å². The first kappa shape index (κ1) is 42.8. The van der Waals surface area contributed by atoms with Crippen molar-refractivity contribution in [1.29, 1.82) is 0 Å². The van der Waals surface area contributed by atoms with Crippen molar-refractivity contribution < 1.29 is 0 Å². The van der Waals surface area contributed by atoms with E-state index in [1.54, 1.807) is 0 Å². The number of pyridine rings is 3. The normalized spacial score (nSPS) is 11.5. The van der Waals surface area contributed by atoms with Crippen molar-refractivity contribution in [3.63, 3.8) is 0 Å². The summed E-state index contributed by atoms with van der Waals surface area (Å²) in [5.41, 5.74) is 12.0. The van der Waals surface area contributed by atoms with Gasteiger partial charge in [0, 0.05) is 33.8 Å². The number of benzene rings is 10. The molecule has 6 heteroatoms. The average molecular weight is 943 g/mol. The van der Waals surface area contributed by atoms with Crippen LogP contribution in [0.2, 0.25) is 0 Å². The quantitative estimate of drug-likeness (QED) is 0.141. The summed E-state index contributed by atoms with van der Waals surface area (Å²) in [5.74, 6) is 1.40. The summed E-state index contributed by atoms with van der Waals surface area (Å²) in [6.07, 6.45) is 1.89. The molecule has 0 radical (unpaired) electrons. The van der Waals surface area contributed by atoms with Crippen LogP contribution in [0.5, 0.6) is 0 Å². The largest absolute Gasteiger partial charge is 0.256 e. The molecule has 14 aromatic rings. The number of rotatable bonds is 8. The number of nitrogens with zero attached hydrogens (tertiary/aromatic N) is 6. The summed E-state index contributed by atoms with van der Waals surface area (Å²) < 4.78 is 0. The summed E-state index contributed by atoms with van der Waals surface area (Å²) in [6, 6.07) is 87.2. The molecule has 0 N–H and O–H groups in total. The molecule has 74 heavy (non-hydrogen) atoms. The maximum atomic E-state index is 5.34. The van der Waals surface area contributed by atoms with Gasteiger partial charge in [-0.2, -0.15) is 0 Å². The number of hydrogen-bond acceptors (Lipinski definition) is 6. The molecule has 14 rings (SSSR count). The van der Waals surface area contributed by atoms with E-state index in [-0.39, 0.29) is 0 Å². The average Bonchev–Trinajstić information content (AvgIpc) is 3.48. The Morgan fingerprint density at radius 1 is 0.216 bits per heavy atom. The van der Waals surface area contributed by atoms with Crippen LogP contribution in [0.25, 0.3) is 144 Å². The lowest BCUT2D eigenvalue weighted by molar-refractivity contribution is 1.05. The monoisotopic (exact) mass is 942 g/mol. The second-order valence-electron chi connectivity index (χ2n) is 18.7. The van der Waals surface area contributed by atoms with Crippen LogP contribution in [0.15, 0.2) is 255 Å². The summed E-state index contributed by atoms with van der Waals surface area (Å²) >= 11 is 0. The molecule has 10 aromatic carbocycles. The first-order valence-electron chi connectivity index (χ1n) is 24.8. The minimum absolute atomic E-state index is 0.445. The van der Waals surface area contributed by atoms with E-state index in [1.807, 2.05) is 42.6 Å². The molecule has 0 fully saturated rings. The number of fused-ring (bicyclic) bond motifs is 6. The summed E-state index contributed by atoms with van der Waals surface area (Å²) in [4.78, 5) is 31.2. The highest BCUT2D eigenvalue weighted by molar-refractivity contribution is 6.14. The predicted molar refractivity (Wildman–Crippen MR) is 304 cm³/mol. The molecule has 0 saturated heterocycles. The van der Waals surface area contributed by atoms with Crippen molar-refractivity contribution in [1.82, 2.24) is 29.9 Å². The summed E-state index contributed by atoms with van der Waals surface area (Å²) in [7, 11) is 0. The molecule has 0 aliphatic heterocycles.